The summed E-state index contributed by atoms with van der Waals surface area (Å²) < 4.78 is 0. The highest BCUT2D eigenvalue weighted by atomic mass is 16.1. The first-order valence-electron chi connectivity index (χ1n) is 5.50. The predicted octanol–water partition coefficient (Wildman–Crippen LogP) is 3.77. The zero-order valence-corrected chi connectivity index (χ0v) is 9.49. The van der Waals surface area contributed by atoms with Crippen molar-refractivity contribution in [2.45, 2.75) is 33.1 Å². The number of rotatable bonds is 5. The summed E-state index contributed by atoms with van der Waals surface area (Å²) in [6.07, 6.45) is 6.30. The molecule has 1 heteroatoms. The number of carbonyl (C=O) groups excluding carboxylic acids is 1. The van der Waals surface area contributed by atoms with Gasteiger partial charge in [0.2, 0.25) is 0 Å². The molecule has 0 unspecified atom stereocenters. The Labute approximate surface area is 91.8 Å². The van der Waals surface area contributed by atoms with Gasteiger partial charge in [-0.05, 0) is 25.0 Å². The average molecular weight is 202 g/mol. The van der Waals surface area contributed by atoms with Gasteiger partial charge < -0.3 is 0 Å². The minimum atomic E-state index is 0.221. The Balaban J connectivity index is 2.53. The van der Waals surface area contributed by atoms with Crippen molar-refractivity contribution >= 4 is 11.9 Å². The fourth-order valence-electron chi connectivity index (χ4n) is 1.40. The summed E-state index contributed by atoms with van der Waals surface area (Å²) in [5.41, 5.74) is 2.32. The molecule has 0 saturated carbocycles. The molecular weight excluding hydrogens is 184 g/mol. The van der Waals surface area contributed by atoms with Crippen LogP contribution in [0.1, 0.15) is 37.3 Å². The van der Waals surface area contributed by atoms with Gasteiger partial charge in [-0.15, -0.1) is 0 Å². The number of ketones is 1. The smallest absolute Gasteiger partial charge is 0.155 e. The van der Waals surface area contributed by atoms with Crippen molar-refractivity contribution in [3.05, 3.63) is 41.5 Å². The number of aryl methyl sites for hydroxylation is 1. The van der Waals surface area contributed by atoms with E-state index in [1.165, 1.54) is 5.56 Å². The first-order valence-corrected chi connectivity index (χ1v) is 5.50. The van der Waals surface area contributed by atoms with E-state index in [1.54, 1.807) is 6.08 Å². The molecule has 0 fully saturated rings. The maximum absolute atomic E-state index is 11.4. The van der Waals surface area contributed by atoms with Crippen LogP contribution in [0.15, 0.2) is 30.3 Å². The van der Waals surface area contributed by atoms with Crippen LogP contribution < -0.4 is 0 Å². The predicted molar refractivity (Wildman–Crippen MR) is 64.7 cm³/mol. The number of benzene rings is 1. The summed E-state index contributed by atoms with van der Waals surface area (Å²) in [6, 6.07) is 8.14. The fourth-order valence-corrected chi connectivity index (χ4v) is 1.40. The monoisotopic (exact) mass is 202 g/mol. The summed E-state index contributed by atoms with van der Waals surface area (Å²) in [5, 5.41) is 0. The quantitative estimate of drug-likeness (QED) is 0.664. The van der Waals surface area contributed by atoms with E-state index >= 15 is 0 Å². The molecule has 15 heavy (non-hydrogen) atoms. The van der Waals surface area contributed by atoms with Crippen LogP contribution in [0.5, 0.6) is 0 Å². The van der Waals surface area contributed by atoms with Crippen molar-refractivity contribution in [2.24, 2.45) is 0 Å². The highest BCUT2D eigenvalue weighted by Crippen LogP contribution is 2.06. The molecule has 0 radical (unpaired) electrons. The molecule has 1 aromatic carbocycles. The first-order chi connectivity index (χ1) is 7.22. The lowest BCUT2D eigenvalue weighted by Crippen LogP contribution is -1.91. The molecule has 80 valence electrons. The van der Waals surface area contributed by atoms with E-state index in [2.05, 4.69) is 26.0 Å². The van der Waals surface area contributed by atoms with Crippen LogP contribution in [0.4, 0.5) is 0 Å². The molecular formula is C14H18O. The second-order valence-electron chi connectivity index (χ2n) is 3.82. The van der Waals surface area contributed by atoms with Crippen LogP contribution in [0, 0.1) is 6.92 Å². The molecule has 0 bridgehead atoms. The van der Waals surface area contributed by atoms with Crippen molar-refractivity contribution in [2.75, 3.05) is 0 Å². The van der Waals surface area contributed by atoms with Gasteiger partial charge in [0.25, 0.3) is 0 Å². The van der Waals surface area contributed by atoms with Gasteiger partial charge in [-0.2, -0.15) is 0 Å². The van der Waals surface area contributed by atoms with Crippen molar-refractivity contribution in [1.82, 2.24) is 0 Å². The van der Waals surface area contributed by atoms with E-state index in [0.29, 0.717) is 6.42 Å². The maximum Gasteiger partial charge on any atom is 0.155 e. The lowest BCUT2D eigenvalue weighted by molar-refractivity contribution is -0.114. The first kappa shape index (κ1) is 11.7. The van der Waals surface area contributed by atoms with Gasteiger partial charge in [-0.3, -0.25) is 4.79 Å². The average Bonchev–Trinajstić information content (AvgIpc) is 2.23. The molecule has 0 N–H and O–H groups in total. The lowest BCUT2D eigenvalue weighted by Gasteiger charge is -1.95. The highest BCUT2D eigenvalue weighted by Gasteiger charge is 1.95. The number of hydrogen-bond acceptors (Lipinski definition) is 1. The molecule has 0 aliphatic heterocycles. The summed E-state index contributed by atoms with van der Waals surface area (Å²) in [4.78, 5) is 11.4. The molecule has 0 heterocycles. The number of unbranched alkanes of at least 4 members (excludes halogenated alkanes) is 1. The van der Waals surface area contributed by atoms with Crippen LogP contribution >= 0.6 is 0 Å². The summed E-state index contributed by atoms with van der Waals surface area (Å²) in [6.45, 7) is 4.15. The molecule has 0 atom stereocenters. The number of carbonyl (C=O) groups is 1. The molecule has 0 aliphatic rings. The Bertz CT molecular complexity index is 350. The SMILES string of the molecule is CCCCC(=O)/C=C/c1cccc(C)c1. The number of allylic oxidation sites excluding steroid dienone is 1. The minimum absolute atomic E-state index is 0.221. The Hall–Kier alpha value is -1.37. The third-order valence-electron chi connectivity index (χ3n) is 2.28. The second-order valence-corrected chi connectivity index (χ2v) is 3.82. The summed E-state index contributed by atoms with van der Waals surface area (Å²) in [5.74, 6) is 0.221. The van der Waals surface area contributed by atoms with Crippen LogP contribution in [0.25, 0.3) is 6.08 Å². The van der Waals surface area contributed by atoms with Crippen LogP contribution in [0.3, 0.4) is 0 Å². The Morgan fingerprint density at radius 1 is 1.40 bits per heavy atom. The molecule has 0 aliphatic carbocycles. The van der Waals surface area contributed by atoms with E-state index in [9.17, 15) is 4.79 Å². The van der Waals surface area contributed by atoms with E-state index < -0.39 is 0 Å². The topological polar surface area (TPSA) is 17.1 Å². The van der Waals surface area contributed by atoms with Gasteiger partial charge in [0.05, 0.1) is 0 Å². The minimum Gasteiger partial charge on any atom is -0.295 e. The van der Waals surface area contributed by atoms with E-state index in [1.807, 2.05) is 18.2 Å². The van der Waals surface area contributed by atoms with Crippen molar-refractivity contribution in [3.8, 4) is 0 Å². The zero-order chi connectivity index (χ0) is 11.1. The molecule has 1 nitrogen and oxygen atoms in total. The van der Waals surface area contributed by atoms with Gasteiger partial charge in [0.1, 0.15) is 0 Å². The van der Waals surface area contributed by atoms with Gasteiger partial charge in [-0.25, -0.2) is 0 Å². The zero-order valence-electron chi connectivity index (χ0n) is 9.49. The van der Waals surface area contributed by atoms with E-state index in [4.69, 9.17) is 0 Å². The van der Waals surface area contributed by atoms with E-state index in [0.717, 1.165) is 18.4 Å². The van der Waals surface area contributed by atoms with Crippen molar-refractivity contribution < 1.29 is 4.79 Å². The van der Waals surface area contributed by atoms with E-state index in [-0.39, 0.29) is 5.78 Å². The van der Waals surface area contributed by atoms with Gasteiger partial charge >= 0.3 is 0 Å². The van der Waals surface area contributed by atoms with Crippen LogP contribution in [-0.2, 0) is 4.79 Å². The molecule has 0 saturated heterocycles. The van der Waals surface area contributed by atoms with Crippen molar-refractivity contribution in [1.29, 1.82) is 0 Å². The third-order valence-corrected chi connectivity index (χ3v) is 2.28. The third kappa shape index (κ3) is 4.59. The number of hydrogen-bond donors (Lipinski definition) is 0. The van der Waals surface area contributed by atoms with Gasteiger partial charge in [0, 0.05) is 6.42 Å². The molecule has 1 aromatic rings. The molecule has 0 amide bonds. The maximum atomic E-state index is 11.4. The van der Waals surface area contributed by atoms with Gasteiger partial charge in [-0.1, -0.05) is 49.2 Å². The molecule has 1 rings (SSSR count). The molecule has 0 spiro atoms. The Kier molecular flexibility index (Phi) is 4.82. The summed E-state index contributed by atoms with van der Waals surface area (Å²) in [7, 11) is 0. The molecule has 0 aromatic heterocycles. The van der Waals surface area contributed by atoms with Gasteiger partial charge in [0.15, 0.2) is 5.78 Å². The fraction of sp³-hybridized carbons (Fsp3) is 0.357. The van der Waals surface area contributed by atoms with Crippen LogP contribution in [-0.4, -0.2) is 5.78 Å². The standard InChI is InChI=1S/C14H18O/c1-3-4-8-14(15)10-9-13-7-5-6-12(2)11-13/h5-7,9-11H,3-4,8H2,1-2H3/b10-9+. The Morgan fingerprint density at radius 3 is 2.87 bits per heavy atom. The summed E-state index contributed by atoms with van der Waals surface area (Å²) >= 11 is 0. The highest BCUT2D eigenvalue weighted by molar-refractivity contribution is 5.93. The normalized spacial score (nSPS) is 10.8. The Morgan fingerprint density at radius 2 is 2.20 bits per heavy atom. The second kappa shape index (κ2) is 6.18. The van der Waals surface area contributed by atoms with Crippen molar-refractivity contribution in [3.63, 3.8) is 0 Å². The lowest BCUT2D eigenvalue weighted by atomic mass is 10.1. The van der Waals surface area contributed by atoms with Crippen LogP contribution in [0.2, 0.25) is 0 Å². The largest absolute Gasteiger partial charge is 0.295 e.